The van der Waals surface area contributed by atoms with E-state index in [9.17, 15) is 0 Å². The van der Waals surface area contributed by atoms with Gasteiger partial charge in [0.25, 0.3) is 0 Å². The van der Waals surface area contributed by atoms with Crippen molar-refractivity contribution in [3.05, 3.63) is 52.3 Å². The molecule has 3 aromatic rings. The fourth-order valence-electron chi connectivity index (χ4n) is 2.84. The Kier molecular flexibility index (Phi) is 4.08. The smallest absolute Gasteiger partial charge is 0.108 e. The highest BCUT2D eigenvalue weighted by Crippen LogP contribution is 2.21. The van der Waals surface area contributed by atoms with Crippen LogP contribution in [0.2, 0.25) is 0 Å². The topological polar surface area (TPSA) is 29.9 Å². The van der Waals surface area contributed by atoms with Gasteiger partial charge in [-0.1, -0.05) is 12.1 Å². The van der Waals surface area contributed by atoms with Crippen LogP contribution in [0.1, 0.15) is 28.9 Å². The third-order valence-electron chi connectivity index (χ3n) is 3.92. The SMILES string of the molecule is CCn1c(C)cc(CNCc2nc3ccccc3s2)c1C. The Morgan fingerprint density at radius 2 is 2.00 bits per heavy atom. The van der Waals surface area contributed by atoms with Crippen molar-refractivity contribution in [3.63, 3.8) is 0 Å². The van der Waals surface area contributed by atoms with Gasteiger partial charge in [0.2, 0.25) is 0 Å². The minimum Gasteiger partial charge on any atom is -0.349 e. The molecule has 0 atom stereocenters. The first-order chi connectivity index (χ1) is 10.2. The third-order valence-corrected chi connectivity index (χ3v) is 4.96. The van der Waals surface area contributed by atoms with Gasteiger partial charge in [-0.3, -0.25) is 0 Å². The van der Waals surface area contributed by atoms with Gasteiger partial charge in [-0.2, -0.15) is 0 Å². The number of nitrogens with zero attached hydrogens (tertiary/aromatic N) is 2. The number of para-hydroxylation sites is 1. The van der Waals surface area contributed by atoms with Gasteiger partial charge in [0.05, 0.1) is 10.2 Å². The zero-order chi connectivity index (χ0) is 14.8. The first kappa shape index (κ1) is 14.3. The summed E-state index contributed by atoms with van der Waals surface area (Å²) in [5, 5.41) is 4.67. The molecular formula is C17H21N3S. The van der Waals surface area contributed by atoms with Gasteiger partial charge in [-0.25, -0.2) is 4.98 Å². The first-order valence-corrected chi connectivity index (χ1v) is 8.21. The second kappa shape index (κ2) is 6.00. The second-order valence-electron chi connectivity index (χ2n) is 5.32. The van der Waals surface area contributed by atoms with E-state index in [2.05, 4.69) is 59.9 Å². The minimum absolute atomic E-state index is 0.829. The summed E-state index contributed by atoms with van der Waals surface area (Å²) in [5.74, 6) is 0. The van der Waals surface area contributed by atoms with Crippen molar-refractivity contribution in [1.29, 1.82) is 0 Å². The van der Waals surface area contributed by atoms with Crippen molar-refractivity contribution in [2.24, 2.45) is 0 Å². The fourth-order valence-corrected chi connectivity index (χ4v) is 3.77. The Bertz CT molecular complexity index is 722. The lowest BCUT2D eigenvalue weighted by Gasteiger charge is -2.06. The van der Waals surface area contributed by atoms with Crippen LogP contribution < -0.4 is 5.32 Å². The maximum absolute atomic E-state index is 4.66. The lowest BCUT2D eigenvalue weighted by molar-refractivity contribution is 0.674. The number of aryl methyl sites for hydroxylation is 1. The van der Waals surface area contributed by atoms with Crippen LogP contribution in [0.25, 0.3) is 10.2 Å². The number of fused-ring (bicyclic) bond motifs is 1. The lowest BCUT2D eigenvalue weighted by Crippen LogP contribution is -2.13. The molecule has 0 saturated heterocycles. The summed E-state index contributed by atoms with van der Waals surface area (Å²) in [4.78, 5) is 4.66. The van der Waals surface area contributed by atoms with Crippen molar-refractivity contribution < 1.29 is 0 Å². The normalized spacial score (nSPS) is 11.4. The molecule has 1 aromatic carbocycles. The molecule has 110 valence electrons. The molecule has 3 rings (SSSR count). The minimum atomic E-state index is 0.829. The molecule has 0 bridgehead atoms. The van der Waals surface area contributed by atoms with Crippen LogP contribution in [0.5, 0.6) is 0 Å². The molecule has 0 spiro atoms. The highest BCUT2D eigenvalue weighted by atomic mass is 32.1. The average Bonchev–Trinajstić information content (AvgIpc) is 3.00. The van der Waals surface area contributed by atoms with Gasteiger partial charge in [-0.05, 0) is 44.5 Å². The van der Waals surface area contributed by atoms with Crippen LogP contribution in [0.3, 0.4) is 0 Å². The maximum atomic E-state index is 4.66. The number of thiazole rings is 1. The third kappa shape index (κ3) is 2.87. The highest BCUT2D eigenvalue weighted by Gasteiger charge is 2.08. The van der Waals surface area contributed by atoms with Gasteiger partial charge in [-0.15, -0.1) is 11.3 Å². The highest BCUT2D eigenvalue weighted by molar-refractivity contribution is 7.18. The van der Waals surface area contributed by atoms with Crippen molar-refractivity contribution in [2.45, 2.75) is 40.4 Å². The van der Waals surface area contributed by atoms with Crippen molar-refractivity contribution >= 4 is 21.6 Å². The summed E-state index contributed by atoms with van der Waals surface area (Å²) < 4.78 is 3.62. The Morgan fingerprint density at radius 1 is 1.19 bits per heavy atom. The van der Waals surface area contributed by atoms with Crippen molar-refractivity contribution in [3.8, 4) is 0 Å². The predicted octanol–water partition coefficient (Wildman–Crippen LogP) is 4.02. The maximum Gasteiger partial charge on any atom is 0.108 e. The van der Waals surface area contributed by atoms with E-state index < -0.39 is 0 Å². The van der Waals surface area contributed by atoms with E-state index in [0.717, 1.165) is 30.2 Å². The van der Waals surface area contributed by atoms with Crippen LogP contribution >= 0.6 is 11.3 Å². The van der Waals surface area contributed by atoms with Crippen molar-refractivity contribution in [2.75, 3.05) is 0 Å². The predicted molar refractivity (Wildman–Crippen MR) is 89.7 cm³/mol. The number of hydrogen-bond acceptors (Lipinski definition) is 3. The van der Waals surface area contributed by atoms with Gasteiger partial charge in [0.15, 0.2) is 0 Å². The Labute approximate surface area is 129 Å². The molecule has 0 aliphatic heterocycles. The molecule has 0 fully saturated rings. The molecule has 0 unspecified atom stereocenters. The van der Waals surface area contributed by atoms with Gasteiger partial charge < -0.3 is 9.88 Å². The zero-order valence-corrected chi connectivity index (χ0v) is 13.6. The molecule has 0 amide bonds. The quantitative estimate of drug-likeness (QED) is 0.771. The number of hydrogen-bond donors (Lipinski definition) is 1. The van der Waals surface area contributed by atoms with E-state index in [1.807, 2.05) is 6.07 Å². The summed E-state index contributed by atoms with van der Waals surface area (Å²) in [7, 11) is 0. The van der Waals surface area contributed by atoms with E-state index in [1.54, 1.807) is 11.3 Å². The van der Waals surface area contributed by atoms with Crippen molar-refractivity contribution in [1.82, 2.24) is 14.9 Å². The van der Waals surface area contributed by atoms with Gasteiger partial charge in [0, 0.05) is 31.0 Å². The zero-order valence-electron chi connectivity index (χ0n) is 12.8. The summed E-state index contributed by atoms with van der Waals surface area (Å²) >= 11 is 1.77. The molecule has 3 nitrogen and oxygen atoms in total. The Hall–Kier alpha value is -1.65. The van der Waals surface area contributed by atoms with Gasteiger partial charge >= 0.3 is 0 Å². The number of rotatable bonds is 5. The van der Waals surface area contributed by atoms with E-state index >= 15 is 0 Å². The monoisotopic (exact) mass is 299 g/mol. The summed E-state index contributed by atoms with van der Waals surface area (Å²) in [6, 6.07) is 10.6. The molecule has 2 aromatic heterocycles. The van der Waals surface area contributed by atoms with E-state index in [0.29, 0.717) is 0 Å². The number of benzene rings is 1. The molecule has 0 aliphatic carbocycles. The molecule has 1 N–H and O–H groups in total. The molecule has 0 saturated carbocycles. The van der Waals surface area contributed by atoms with E-state index in [-0.39, 0.29) is 0 Å². The lowest BCUT2D eigenvalue weighted by atomic mass is 10.2. The van der Waals surface area contributed by atoms with E-state index in [1.165, 1.54) is 21.7 Å². The Balaban J connectivity index is 1.66. The van der Waals surface area contributed by atoms with Crippen LogP contribution in [0, 0.1) is 13.8 Å². The first-order valence-electron chi connectivity index (χ1n) is 7.39. The molecule has 0 radical (unpaired) electrons. The number of nitrogens with one attached hydrogen (secondary N) is 1. The Morgan fingerprint density at radius 3 is 2.71 bits per heavy atom. The largest absolute Gasteiger partial charge is 0.349 e. The fraction of sp³-hybridized carbons (Fsp3) is 0.353. The van der Waals surface area contributed by atoms with Crippen LogP contribution in [-0.2, 0) is 19.6 Å². The molecular weight excluding hydrogens is 278 g/mol. The number of aromatic nitrogens is 2. The molecule has 2 heterocycles. The average molecular weight is 299 g/mol. The summed E-state index contributed by atoms with van der Waals surface area (Å²) in [5.41, 5.74) is 5.19. The van der Waals surface area contributed by atoms with Crippen LogP contribution in [-0.4, -0.2) is 9.55 Å². The van der Waals surface area contributed by atoms with Gasteiger partial charge in [0.1, 0.15) is 5.01 Å². The van der Waals surface area contributed by atoms with E-state index in [4.69, 9.17) is 0 Å². The second-order valence-corrected chi connectivity index (χ2v) is 6.43. The summed E-state index contributed by atoms with van der Waals surface area (Å²) in [6.07, 6.45) is 0. The van der Waals surface area contributed by atoms with Crippen LogP contribution in [0.4, 0.5) is 0 Å². The standard InChI is InChI=1S/C17H21N3S/c1-4-20-12(2)9-14(13(20)3)10-18-11-17-19-15-7-5-6-8-16(15)21-17/h5-9,18H,4,10-11H2,1-3H3. The van der Waals surface area contributed by atoms with Crippen LogP contribution in [0.15, 0.2) is 30.3 Å². The molecule has 21 heavy (non-hydrogen) atoms. The molecule has 4 heteroatoms. The molecule has 0 aliphatic rings. The summed E-state index contributed by atoms with van der Waals surface area (Å²) in [6.45, 7) is 9.33.